The van der Waals surface area contributed by atoms with Crippen LogP contribution in [0.5, 0.6) is 0 Å². The van der Waals surface area contributed by atoms with Crippen molar-refractivity contribution in [2.45, 2.75) is 31.8 Å². The highest BCUT2D eigenvalue weighted by Gasteiger charge is 1.99. The summed E-state index contributed by atoms with van der Waals surface area (Å²) in [5.74, 6) is -0.203. The third-order valence-electron chi connectivity index (χ3n) is 2.07. The largest absolute Gasteiger partial charge is 0.372 e. The third-order valence-corrected chi connectivity index (χ3v) is 3.01. The van der Waals surface area contributed by atoms with Crippen molar-refractivity contribution in [2.24, 2.45) is 0 Å². The summed E-state index contributed by atoms with van der Waals surface area (Å²) < 4.78 is 17.4. The minimum absolute atomic E-state index is 0.104. The van der Waals surface area contributed by atoms with Crippen molar-refractivity contribution < 1.29 is 19.0 Å². The van der Waals surface area contributed by atoms with Crippen LogP contribution in [0.4, 0.5) is 4.39 Å². The Morgan fingerprint density at radius 1 is 1.31 bits per heavy atom. The van der Waals surface area contributed by atoms with E-state index < -0.39 is 6.48 Å². The van der Waals surface area contributed by atoms with Gasteiger partial charge in [-0.1, -0.05) is 18.6 Å². The molecular weight excluding hydrogens is 227 g/mol. The fraction of sp³-hybridized carbons (Fsp3) is 0.455. The molecule has 0 amide bonds. The van der Waals surface area contributed by atoms with Gasteiger partial charge in [-0.05, 0) is 36.6 Å². The average Bonchev–Trinajstić information content (AvgIpc) is 2.23. The molecular formula is C11H15FO3Si. The van der Waals surface area contributed by atoms with Crippen LogP contribution in [0.15, 0.2) is 24.3 Å². The van der Waals surface area contributed by atoms with E-state index >= 15 is 0 Å². The van der Waals surface area contributed by atoms with Crippen LogP contribution >= 0.6 is 0 Å². The topological polar surface area (TPSA) is 49.7 Å². The van der Waals surface area contributed by atoms with Gasteiger partial charge in [0.25, 0.3) is 6.48 Å². The van der Waals surface area contributed by atoms with Gasteiger partial charge in [-0.3, -0.25) is 0 Å². The molecule has 0 spiro atoms. The van der Waals surface area contributed by atoms with Gasteiger partial charge in [0.05, 0.1) is 0 Å². The van der Waals surface area contributed by atoms with E-state index in [9.17, 15) is 4.39 Å². The zero-order valence-electron chi connectivity index (χ0n) is 8.90. The van der Waals surface area contributed by atoms with Crippen molar-refractivity contribution in [1.82, 2.24) is 0 Å². The molecule has 0 saturated heterocycles. The zero-order valence-corrected chi connectivity index (χ0v) is 9.90. The number of aryl methyl sites for hydroxylation is 1. The van der Waals surface area contributed by atoms with Gasteiger partial charge in [-0.25, -0.2) is 4.39 Å². The standard InChI is InChI=1S/C11H15FO3Si/c12-10-6-3-5-9(8-10)4-1-2-7-16-15-11(13)14/h3,5-6,8,11,13-14H,1-2,4,7H2. The van der Waals surface area contributed by atoms with E-state index in [1.165, 1.54) is 12.1 Å². The Kier molecular flexibility index (Phi) is 6.25. The lowest BCUT2D eigenvalue weighted by atomic mass is 10.1. The highest BCUT2D eigenvalue weighted by molar-refractivity contribution is 6.26. The van der Waals surface area contributed by atoms with Crippen molar-refractivity contribution in [1.29, 1.82) is 0 Å². The van der Waals surface area contributed by atoms with Gasteiger partial charge in [0.2, 0.25) is 9.76 Å². The predicted molar refractivity (Wildman–Crippen MR) is 59.2 cm³/mol. The summed E-state index contributed by atoms with van der Waals surface area (Å²) in [4.78, 5) is 0. The molecule has 0 fully saturated rings. The summed E-state index contributed by atoms with van der Waals surface area (Å²) in [5, 5.41) is 16.8. The molecule has 0 unspecified atom stereocenters. The van der Waals surface area contributed by atoms with Gasteiger partial charge >= 0.3 is 0 Å². The predicted octanol–water partition coefficient (Wildman–Crippen LogP) is 1.47. The van der Waals surface area contributed by atoms with E-state index in [4.69, 9.17) is 10.2 Å². The molecule has 0 saturated carbocycles. The monoisotopic (exact) mass is 242 g/mol. The fourth-order valence-corrected chi connectivity index (χ4v) is 2.01. The SMILES string of the molecule is OC(O)O[Si]CCCCc1cccc(F)c1. The van der Waals surface area contributed by atoms with Crippen molar-refractivity contribution in [2.75, 3.05) is 0 Å². The van der Waals surface area contributed by atoms with Crippen molar-refractivity contribution in [3.63, 3.8) is 0 Å². The average molecular weight is 242 g/mol. The van der Waals surface area contributed by atoms with Crippen LogP contribution in [-0.2, 0) is 10.8 Å². The van der Waals surface area contributed by atoms with Crippen LogP contribution in [0.25, 0.3) is 0 Å². The maximum atomic E-state index is 12.8. The smallest absolute Gasteiger partial charge is 0.256 e. The summed E-state index contributed by atoms with van der Waals surface area (Å²) >= 11 is 0. The zero-order chi connectivity index (χ0) is 11.8. The quantitative estimate of drug-likeness (QED) is 0.432. The molecule has 0 heterocycles. The van der Waals surface area contributed by atoms with E-state index in [1.54, 1.807) is 6.07 Å². The number of hydrogen-bond acceptors (Lipinski definition) is 3. The van der Waals surface area contributed by atoms with E-state index in [1.807, 2.05) is 6.07 Å². The van der Waals surface area contributed by atoms with Crippen molar-refractivity contribution in [3.05, 3.63) is 35.6 Å². The second-order valence-electron chi connectivity index (χ2n) is 3.43. The number of halogens is 1. The molecule has 2 radical (unpaired) electrons. The van der Waals surface area contributed by atoms with Gasteiger partial charge in [0.15, 0.2) is 0 Å². The molecule has 1 aromatic rings. The number of aliphatic hydroxyl groups is 2. The van der Waals surface area contributed by atoms with Gasteiger partial charge < -0.3 is 14.6 Å². The number of aliphatic hydroxyl groups excluding tert-OH is 1. The summed E-state index contributed by atoms with van der Waals surface area (Å²) in [6.45, 7) is -1.67. The summed E-state index contributed by atoms with van der Waals surface area (Å²) in [7, 11) is 0.104. The van der Waals surface area contributed by atoms with Gasteiger partial charge in [-0.15, -0.1) is 0 Å². The van der Waals surface area contributed by atoms with Crippen molar-refractivity contribution >= 4 is 9.76 Å². The molecule has 0 aromatic heterocycles. The van der Waals surface area contributed by atoms with Crippen molar-refractivity contribution in [3.8, 4) is 0 Å². The second-order valence-corrected chi connectivity index (χ2v) is 4.45. The molecule has 88 valence electrons. The first-order valence-electron chi connectivity index (χ1n) is 5.17. The van der Waals surface area contributed by atoms with Crippen LogP contribution in [0.2, 0.25) is 6.04 Å². The molecule has 0 atom stereocenters. The summed E-state index contributed by atoms with van der Waals surface area (Å²) in [6.07, 6.45) is 2.72. The Bertz CT molecular complexity index is 307. The normalized spacial score (nSPS) is 11.0. The minimum Gasteiger partial charge on any atom is -0.372 e. The number of unbranched alkanes of at least 4 members (excludes halogenated alkanes) is 1. The maximum Gasteiger partial charge on any atom is 0.256 e. The molecule has 1 rings (SSSR count). The van der Waals surface area contributed by atoms with Gasteiger partial charge in [0, 0.05) is 0 Å². The van der Waals surface area contributed by atoms with E-state index in [0.29, 0.717) is 0 Å². The molecule has 3 nitrogen and oxygen atoms in total. The second kappa shape index (κ2) is 7.51. The Morgan fingerprint density at radius 3 is 2.81 bits per heavy atom. The van der Waals surface area contributed by atoms with Crippen LogP contribution in [0.3, 0.4) is 0 Å². The summed E-state index contributed by atoms with van der Waals surface area (Å²) in [5.41, 5.74) is 0.992. The van der Waals surface area contributed by atoms with E-state index in [-0.39, 0.29) is 15.6 Å². The van der Waals surface area contributed by atoms with Crippen LogP contribution in [-0.4, -0.2) is 26.5 Å². The molecule has 1 aromatic carbocycles. The van der Waals surface area contributed by atoms with Crippen LogP contribution in [0, 0.1) is 5.82 Å². The molecule has 0 aliphatic heterocycles. The lowest BCUT2D eigenvalue weighted by Gasteiger charge is -2.04. The number of hydrogen-bond donors (Lipinski definition) is 2. The van der Waals surface area contributed by atoms with E-state index in [0.717, 1.165) is 30.9 Å². The van der Waals surface area contributed by atoms with Crippen LogP contribution in [0.1, 0.15) is 18.4 Å². The van der Waals surface area contributed by atoms with Crippen LogP contribution < -0.4 is 0 Å². The molecule has 16 heavy (non-hydrogen) atoms. The Balaban J connectivity index is 2.07. The first kappa shape index (κ1) is 13.3. The minimum atomic E-state index is -1.67. The highest BCUT2D eigenvalue weighted by atomic mass is 28.2. The Labute approximate surface area is 96.8 Å². The lowest BCUT2D eigenvalue weighted by molar-refractivity contribution is -0.180. The Hall–Kier alpha value is -0.753. The summed E-state index contributed by atoms with van der Waals surface area (Å²) in [6, 6.07) is 7.38. The fourth-order valence-electron chi connectivity index (χ4n) is 1.35. The molecule has 2 N–H and O–H groups in total. The third kappa shape index (κ3) is 5.97. The molecule has 5 heteroatoms. The molecule has 0 aliphatic rings. The maximum absolute atomic E-state index is 12.8. The first-order valence-corrected chi connectivity index (χ1v) is 6.29. The van der Waals surface area contributed by atoms with E-state index in [2.05, 4.69) is 4.43 Å². The number of rotatable bonds is 7. The van der Waals surface area contributed by atoms with Gasteiger partial charge in [-0.2, -0.15) is 0 Å². The molecule has 0 aliphatic carbocycles. The Morgan fingerprint density at radius 2 is 2.12 bits per heavy atom. The lowest BCUT2D eigenvalue weighted by Crippen LogP contribution is -2.13. The van der Waals surface area contributed by atoms with Gasteiger partial charge in [0.1, 0.15) is 5.82 Å². The number of benzene rings is 1. The molecule has 0 bridgehead atoms. The first-order chi connectivity index (χ1) is 7.68. The highest BCUT2D eigenvalue weighted by Crippen LogP contribution is 2.08.